The topological polar surface area (TPSA) is 53.0 Å². The van der Waals surface area contributed by atoms with Crippen molar-refractivity contribution in [1.82, 2.24) is 4.98 Å². The molecule has 0 amide bonds. The Morgan fingerprint density at radius 1 is 1.18 bits per heavy atom. The number of carbonyl (C=O) groups is 1. The van der Waals surface area contributed by atoms with Crippen LogP contribution in [-0.2, 0) is 0 Å². The number of carbonyl (C=O) groups excluding carboxylic acids is 1. The monoisotopic (exact) mass is 246 g/mol. The summed E-state index contributed by atoms with van der Waals surface area (Å²) in [4.78, 5) is 15.0. The number of halogens is 1. The average Bonchev–Trinajstić information content (AvgIpc) is 2.29. The number of aryl methyl sites for hydroxylation is 1. The van der Waals surface area contributed by atoms with Crippen LogP contribution in [-0.4, -0.2) is 11.0 Å². The lowest BCUT2D eigenvalue weighted by atomic mass is 10.1. The first kappa shape index (κ1) is 11.6. The Balaban J connectivity index is 2.44. The number of nitrogens with zero attached hydrogens (tertiary/aromatic N) is 1. The largest absolute Gasteiger partial charge is 0.545 e. The van der Waals surface area contributed by atoms with Crippen molar-refractivity contribution in [3.8, 4) is 11.3 Å². The van der Waals surface area contributed by atoms with Gasteiger partial charge in [0.25, 0.3) is 0 Å². The molecule has 0 aliphatic rings. The Hall–Kier alpha value is -1.87. The fourth-order valence-electron chi connectivity index (χ4n) is 1.56. The van der Waals surface area contributed by atoms with E-state index in [4.69, 9.17) is 11.6 Å². The van der Waals surface area contributed by atoms with Crippen molar-refractivity contribution in [2.75, 3.05) is 0 Å². The number of carboxylic acid groups (broad SMARTS) is 1. The summed E-state index contributed by atoms with van der Waals surface area (Å²) in [5.74, 6) is -1.21. The molecule has 0 N–H and O–H groups in total. The van der Waals surface area contributed by atoms with E-state index in [-0.39, 0.29) is 5.56 Å². The van der Waals surface area contributed by atoms with E-state index < -0.39 is 5.97 Å². The van der Waals surface area contributed by atoms with Crippen LogP contribution in [0.4, 0.5) is 0 Å². The molecule has 0 bridgehead atoms. The maximum Gasteiger partial charge on any atom is 0.0733 e. The van der Waals surface area contributed by atoms with Gasteiger partial charge in [-0.15, -0.1) is 0 Å². The highest BCUT2D eigenvalue weighted by Crippen LogP contribution is 2.20. The number of carboxylic acids is 1. The molecule has 3 nitrogen and oxygen atoms in total. The van der Waals surface area contributed by atoms with Crippen LogP contribution in [0, 0.1) is 6.92 Å². The molecule has 0 aliphatic heterocycles. The van der Waals surface area contributed by atoms with Crippen LogP contribution in [0.25, 0.3) is 11.3 Å². The third kappa shape index (κ3) is 2.45. The van der Waals surface area contributed by atoms with E-state index in [0.717, 1.165) is 5.56 Å². The molecule has 0 fully saturated rings. The predicted octanol–water partition coefficient (Wildman–Crippen LogP) is 2.07. The predicted molar refractivity (Wildman–Crippen MR) is 63.8 cm³/mol. The molecule has 0 aliphatic carbocycles. The fraction of sp³-hybridized carbons (Fsp3) is 0.0769. The second kappa shape index (κ2) is 4.55. The third-order valence-electron chi connectivity index (χ3n) is 2.45. The van der Waals surface area contributed by atoms with Crippen LogP contribution in [0.5, 0.6) is 0 Å². The van der Waals surface area contributed by atoms with Crippen LogP contribution in [0.1, 0.15) is 16.1 Å². The van der Waals surface area contributed by atoms with Gasteiger partial charge in [0.2, 0.25) is 0 Å². The standard InChI is InChI=1S/C13H10ClNO2/c1-8-11(13(16)17)6-7-12(15-8)9-2-4-10(14)5-3-9/h2-7H,1H3,(H,16,17)/p-1. The molecule has 17 heavy (non-hydrogen) atoms. The zero-order chi connectivity index (χ0) is 12.4. The Bertz CT molecular complexity index is 564. The SMILES string of the molecule is Cc1nc(-c2ccc(Cl)cc2)ccc1C(=O)[O-]. The number of aromatic nitrogens is 1. The minimum absolute atomic E-state index is 0.114. The van der Waals surface area contributed by atoms with Gasteiger partial charge >= 0.3 is 0 Å². The van der Waals surface area contributed by atoms with Crippen LogP contribution in [0.2, 0.25) is 5.02 Å². The van der Waals surface area contributed by atoms with Gasteiger partial charge in [-0.25, -0.2) is 0 Å². The van der Waals surface area contributed by atoms with Gasteiger partial charge in [-0.3, -0.25) is 4.98 Å². The number of aromatic carboxylic acids is 1. The highest BCUT2D eigenvalue weighted by molar-refractivity contribution is 6.30. The van der Waals surface area contributed by atoms with Crippen molar-refractivity contribution < 1.29 is 9.90 Å². The van der Waals surface area contributed by atoms with Crippen molar-refractivity contribution >= 4 is 17.6 Å². The van der Waals surface area contributed by atoms with Crippen LogP contribution in [0.3, 0.4) is 0 Å². The molecule has 0 spiro atoms. The van der Waals surface area contributed by atoms with E-state index in [1.165, 1.54) is 6.07 Å². The molecule has 1 heterocycles. The summed E-state index contributed by atoms with van der Waals surface area (Å²) in [6.45, 7) is 1.64. The Morgan fingerprint density at radius 2 is 1.82 bits per heavy atom. The van der Waals surface area contributed by atoms with E-state index >= 15 is 0 Å². The zero-order valence-electron chi connectivity index (χ0n) is 9.11. The van der Waals surface area contributed by atoms with Crippen molar-refractivity contribution in [2.24, 2.45) is 0 Å². The van der Waals surface area contributed by atoms with Crippen molar-refractivity contribution in [2.45, 2.75) is 6.92 Å². The maximum absolute atomic E-state index is 10.7. The van der Waals surface area contributed by atoms with E-state index in [9.17, 15) is 9.90 Å². The van der Waals surface area contributed by atoms with Gasteiger partial charge in [0.1, 0.15) is 0 Å². The lowest BCUT2D eigenvalue weighted by molar-refractivity contribution is -0.255. The van der Waals surface area contributed by atoms with Gasteiger partial charge in [-0.05, 0) is 31.2 Å². The van der Waals surface area contributed by atoms with Crippen molar-refractivity contribution in [3.05, 3.63) is 52.7 Å². The lowest BCUT2D eigenvalue weighted by Crippen LogP contribution is -2.23. The fourth-order valence-corrected chi connectivity index (χ4v) is 1.68. The lowest BCUT2D eigenvalue weighted by Gasteiger charge is -2.08. The van der Waals surface area contributed by atoms with E-state index in [0.29, 0.717) is 16.4 Å². The van der Waals surface area contributed by atoms with Crippen molar-refractivity contribution in [1.29, 1.82) is 0 Å². The summed E-state index contributed by atoms with van der Waals surface area (Å²) in [6.07, 6.45) is 0. The number of pyridine rings is 1. The highest BCUT2D eigenvalue weighted by Gasteiger charge is 2.04. The summed E-state index contributed by atoms with van der Waals surface area (Å²) in [5.41, 5.74) is 2.16. The smallest absolute Gasteiger partial charge is 0.0733 e. The molecule has 0 unspecified atom stereocenters. The first-order valence-corrected chi connectivity index (χ1v) is 5.40. The highest BCUT2D eigenvalue weighted by atomic mass is 35.5. The van der Waals surface area contributed by atoms with E-state index in [1.54, 1.807) is 25.1 Å². The molecule has 2 aromatic rings. The van der Waals surface area contributed by atoms with Crippen LogP contribution >= 0.6 is 11.6 Å². The maximum atomic E-state index is 10.7. The summed E-state index contributed by atoms with van der Waals surface area (Å²) in [6, 6.07) is 10.4. The second-order valence-electron chi connectivity index (χ2n) is 3.62. The summed E-state index contributed by atoms with van der Waals surface area (Å²) in [5, 5.41) is 11.4. The van der Waals surface area contributed by atoms with Gasteiger partial charge in [0.15, 0.2) is 0 Å². The molecule has 0 atom stereocenters. The molecule has 0 saturated carbocycles. The summed E-state index contributed by atoms with van der Waals surface area (Å²) >= 11 is 5.79. The molecule has 0 radical (unpaired) electrons. The third-order valence-corrected chi connectivity index (χ3v) is 2.70. The molecular formula is C13H9ClNO2-. The number of benzene rings is 1. The first-order chi connectivity index (χ1) is 8.08. The molecule has 2 rings (SSSR count). The van der Waals surface area contributed by atoms with Crippen LogP contribution < -0.4 is 5.11 Å². The average molecular weight is 247 g/mol. The van der Waals surface area contributed by atoms with Gasteiger partial charge in [0.05, 0.1) is 11.7 Å². The number of hydrogen-bond acceptors (Lipinski definition) is 3. The molecule has 0 saturated heterocycles. The van der Waals surface area contributed by atoms with Gasteiger partial charge in [-0.2, -0.15) is 0 Å². The van der Waals surface area contributed by atoms with E-state index in [2.05, 4.69) is 4.98 Å². The summed E-state index contributed by atoms with van der Waals surface area (Å²) < 4.78 is 0. The minimum Gasteiger partial charge on any atom is -0.545 e. The molecule has 1 aromatic heterocycles. The normalized spacial score (nSPS) is 10.2. The Kier molecular flexibility index (Phi) is 3.11. The second-order valence-corrected chi connectivity index (χ2v) is 4.06. The number of rotatable bonds is 2. The first-order valence-electron chi connectivity index (χ1n) is 5.03. The van der Waals surface area contributed by atoms with Gasteiger partial charge in [0, 0.05) is 21.8 Å². The Labute approximate surface area is 104 Å². The molecular weight excluding hydrogens is 238 g/mol. The quantitative estimate of drug-likeness (QED) is 0.815. The van der Waals surface area contributed by atoms with Crippen molar-refractivity contribution in [3.63, 3.8) is 0 Å². The zero-order valence-corrected chi connectivity index (χ0v) is 9.86. The minimum atomic E-state index is -1.21. The van der Waals surface area contributed by atoms with Gasteiger partial charge in [-0.1, -0.05) is 23.7 Å². The molecule has 86 valence electrons. The summed E-state index contributed by atoms with van der Waals surface area (Å²) in [7, 11) is 0. The number of hydrogen-bond donors (Lipinski definition) is 0. The van der Waals surface area contributed by atoms with E-state index in [1.807, 2.05) is 12.1 Å². The molecule has 1 aromatic carbocycles. The molecule has 4 heteroatoms. The van der Waals surface area contributed by atoms with Crippen LogP contribution in [0.15, 0.2) is 36.4 Å². The van der Waals surface area contributed by atoms with Gasteiger partial charge < -0.3 is 9.90 Å². The Morgan fingerprint density at radius 3 is 2.35 bits per heavy atom.